The average molecular weight is 542 g/mol. The number of amides is 1. The molecular weight excluding hydrogens is 502 g/mol. The predicted octanol–water partition coefficient (Wildman–Crippen LogP) is -0.300. The normalized spacial score (nSPS) is 11.8. The van der Waals surface area contributed by atoms with Gasteiger partial charge in [0.15, 0.2) is 0 Å². The molecular formula is C22H39NO12S. The molecule has 0 rings (SSSR count). The Morgan fingerprint density at radius 3 is 1.58 bits per heavy atom. The van der Waals surface area contributed by atoms with E-state index in [1.165, 1.54) is 0 Å². The second-order valence-corrected chi connectivity index (χ2v) is 8.16. The average Bonchev–Trinajstić information content (AvgIpc) is 2.84. The third-order valence-corrected chi connectivity index (χ3v) is 5.24. The molecule has 0 fully saturated rings. The Balaban J connectivity index is 3.30. The standard InChI is InChI=1S/C22H39NO12S/c24-3-1-4-30-6-8-32-10-12-34-14-15-35-13-11-33-9-7-31-5-2-23-20(25)18-36-17-19(22(28)29)16-21(26)27/h3,19H,1-2,4-18H2,(H,23,25)(H,26,27)(H,28,29). The molecule has 0 aromatic heterocycles. The number of aldehydes is 1. The van der Waals surface area contributed by atoms with Crippen molar-refractivity contribution in [3.05, 3.63) is 0 Å². The summed E-state index contributed by atoms with van der Waals surface area (Å²) in [6.07, 6.45) is 0.734. The first-order valence-electron chi connectivity index (χ1n) is 11.7. The monoisotopic (exact) mass is 541 g/mol. The molecule has 1 unspecified atom stereocenters. The van der Waals surface area contributed by atoms with Gasteiger partial charge in [-0.2, -0.15) is 11.8 Å². The van der Waals surface area contributed by atoms with Gasteiger partial charge in [0.1, 0.15) is 6.29 Å². The fraction of sp³-hybridized carbons (Fsp3) is 0.818. The number of hydrogen-bond donors (Lipinski definition) is 3. The molecule has 0 aliphatic rings. The lowest BCUT2D eigenvalue weighted by Crippen LogP contribution is -2.29. The number of carboxylic acids is 2. The quantitative estimate of drug-likeness (QED) is 0.0870. The van der Waals surface area contributed by atoms with E-state index in [0.29, 0.717) is 92.2 Å². The Kier molecular flexibility index (Phi) is 24.9. The van der Waals surface area contributed by atoms with Crippen molar-refractivity contribution >= 4 is 35.9 Å². The number of nitrogens with one attached hydrogen (secondary N) is 1. The van der Waals surface area contributed by atoms with Crippen LogP contribution in [0.5, 0.6) is 0 Å². The van der Waals surface area contributed by atoms with Crippen molar-refractivity contribution in [3.63, 3.8) is 0 Å². The maximum atomic E-state index is 11.7. The van der Waals surface area contributed by atoms with Gasteiger partial charge in [0.05, 0.1) is 97.4 Å². The van der Waals surface area contributed by atoms with Gasteiger partial charge in [-0.25, -0.2) is 0 Å². The van der Waals surface area contributed by atoms with Crippen LogP contribution in [-0.2, 0) is 47.6 Å². The molecule has 3 N–H and O–H groups in total. The highest BCUT2D eigenvalue weighted by molar-refractivity contribution is 7.99. The number of rotatable bonds is 28. The van der Waals surface area contributed by atoms with Crippen molar-refractivity contribution < 1.29 is 57.8 Å². The van der Waals surface area contributed by atoms with E-state index < -0.39 is 24.3 Å². The van der Waals surface area contributed by atoms with Crippen molar-refractivity contribution in [2.75, 3.05) is 97.3 Å². The zero-order valence-electron chi connectivity index (χ0n) is 20.6. The molecule has 1 amide bonds. The second-order valence-electron chi connectivity index (χ2n) is 7.13. The van der Waals surface area contributed by atoms with E-state index in [-0.39, 0.29) is 17.4 Å². The van der Waals surface area contributed by atoms with Crippen LogP contribution >= 0.6 is 11.8 Å². The summed E-state index contributed by atoms with van der Waals surface area (Å²) in [4.78, 5) is 43.4. The highest BCUT2D eigenvalue weighted by atomic mass is 32.2. The van der Waals surface area contributed by atoms with Crippen LogP contribution in [0.3, 0.4) is 0 Å². The highest BCUT2D eigenvalue weighted by Gasteiger charge is 2.21. The van der Waals surface area contributed by atoms with E-state index in [1.807, 2.05) is 0 Å². The zero-order valence-corrected chi connectivity index (χ0v) is 21.4. The summed E-state index contributed by atoms with van der Waals surface area (Å²) in [6, 6.07) is 0. The van der Waals surface area contributed by atoms with Crippen LogP contribution < -0.4 is 5.32 Å². The minimum absolute atomic E-state index is 0.0466. The van der Waals surface area contributed by atoms with Crippen LogP contribution in [0, 0.1) is 5.92 Å². The van der Waals surface area contributed by atoms with E-state index in [0.717, 1.165) is 18.0 Å². The molecule has 0 heterocycles. The van der Waals surface area contributed by atoms with Crippen LogP contribution in [0.4, 0.5) is 0 Å². The van der Waals surface area contributed by atoms with E-state index in [2.05, 4.69) is 5.32 Å². The number of thioether (sulfide) groups is 1. The highest BCUT2D eigenvalue weighted by Crippen LogP contribution is 2.12. The SMILES string of the molecule is O=CCCOCCOCCOCCOCCOCCOCCNC(=O)CSCC(CC(=O)O)C(=O)O. The Bertz CT molecular complexity index is 581. The molecule has 36 heavy (non-hydrogen) atoms. The molecule has 1 atom stereocenters. The summed E-state index contributed by atoms with van der Waals surface area (Å²) in [5.74, 6) is -3.57. The topological polar surface area (TPSA) is 176 Å². The van der Waals surface area contributed by atoms with Crippen molar-refractivity contribution in [3.8, 4) is 0 Å². The number of carbonyl (C=O) groups excluding carboxylic acids is 2. The van der Waals surface area contributed by atoms with Crippen LogP contribution in [0.25, 0.3) is 0 Å². The van der Waals surface area contributed by atoms with Crippen LogP contribution in [0.1, 0.15) is 12.8 Å². The number of aliphatic carboxylic acids is 2. The molecule has 0 bridgehead atoms. The van der Waals surface area contributed by atoms with Crippen LogP contribution in [0.2, 0.25) is 0 Å². The molecule has 13 nitrogen and oxygen atoms in total. The van der Waals surface area contributed by atoms with Crippen LogP contribution in [-0.4, -0.2) is 132 Å². The van der Waals surface area contributed by atoms with Gasteiger partial charge in [0, 0.05) is 18.7 Å². The van der Waals surface area contributed by atoms with Crippen molar-refractivity contribution in [2.24, 2.45) is 5.92 Å². The lowest BCUT2D eigenvalue weighted by Gasteiger charge is -2.10. The van der Waals surface area contributed by atoms with E-state index in [9.17, 15) is 19.2 Å². The molecule has 0 saturated heterocycles. The summed E-state index contributed by atoms with van der Waals surface area (Å²) in [5, 5.41) is 20.3. The number of carboxylic acid groups (broad SMARTS) is 2. The molecule has 0 aromatic rings. The van der Waals surface area contributed by atoms with Gasteiger partial charge in [-0.15, -0.1) is 0 Å². The lowest BCUT2D eigenvalue weighted by atomic mass is 10.1. The first-order valence-corrected chi connectivity index (χ1v) is 12.8. The molecule has 14 heteroatoms. The maximum Gasteiger partial charge on any atom is 0.307 e. The smallest absolute Gasteiger partial charge is 0.307 e. The van der Waals surface area contributed by atoms with Gasteiger partial charge in [-0.1, -0.05) is 0 Å². The van der Waals surface area contributed by atoms with Gasteiger partial charge < -0.3 is 48.7 Å². The summed E-state index contributed by atoms with van der Waals surface area (Å²) >= 11 is 1.08. The van der Waals surface area contributed by atoms with Gasteiger partial charge in [-0.05, 0) is 0 Å². The van der Waals surface area contributed by atoms with Gasteiger partial charge in [0.2, 0.25) is 5.91 Å². The molecule has 0 radical (unpaired) electrons. The summed E-state index contributed by atoms with van der Waals surface area (Å²) in [5.41, 5.74) is 0. The number of ether oxygens (including phenoxy) is 6. The number of hydrogen-bond acceptors (Lipinski definition) is 11. The van der Waals surface area contributed by atoms with Crippen molar-refractivity contribution in [1.82, 2.24) is 5.32 Å². The first kappa shape index (κ1) is 34.2. The maximum absolute atomic E-state index is 11.7. The van der Waals surface area contributed by atoms with E-state index in [4.69, 9.17) is 38.6 Å². The Morgan fingerprint density at radius 1 is 0.722 bits per heavy atom. The fourth-order valence-electron chi connectivity index (χ4n) is 2.37. The van der Waals surface area contributed by atoms with E-state index in [1.54, 1.807) is 0 Å². The lowest BCUT2D eigenvalue weighted by molar-refractivity contribution is -0.147. The molecule has 0 spiro atoms. The Hall–Kier alpha value is -1.81. The largest absolute Gasteiger partial charge is 0.481 e. The van der Waals surface area contributed by atoms with Gasteiger partial charge in [-0.3, -0.25) is 14.4 Å². The Labute approximate surface area is 215 Å². The van der Waals surface area contributed by atoms with Crippen molar-refractivity contribution in [1.29, 1.82) is 0 Å². The van der Waals surface area contributed by atoms with Crippen LogP contribution in [0.15, 0.2) is 0 Å². The molecule has 0 aliphatic heterocycles. The van der Waals surface area contributed by atoms with E-state index >= 15 is 0 Å². The Morgan fingerprint density at radius 2 is 1.17 bits per heavy atom. The molecule has 0 aromatic carbocycles. The molecule has 0 saturated carbocycles. The van der Waals surface area contributed by atoms with Gasteiger partial charge in [0.25, 0.3) is 0 Å². The molecule has 210 valence electrons. The van der Waals surface area contributed by atoms with Crippen molar-refractivity contribution in [2.45, 2.75) is 12.8 Å². The minimum Gasteiger partial charge on any atom is -0.481 e. The van der Waals surface area contributed by atoms with Gasteiger partial charge >= 0.3 is 11.9 Å². The summed E-state index contributed by atoms with van der Waals surface area (Å²) < 4.78 is 31.9. The summed E-state index contributed by atoms with van der Waals surface area (Å²) in [7, 11) is 0. The molecule has 0 aliphatic carbocycles. The second kappa shape index (κ2) is 26.3. The zero-order chi connectivity index (χ0) is 26.7. The predicted molar refractivity (Wildman–Crippen MR) is 129 cm³/mol. The minimum atomic E-state index is -1.19. The fourth-order valence-corrected chi connectivity index (χ4v) is 3.32. The number of carbonyl (C=O) groups is 4. The summed E-state index contributed by atoms with van der Waals surface area (Å²) in [6.45, 7) is 5.37. The third-order valence-electron chi connectivity index (χ3n) is 4.13. The third kappa shape index (κ3) is 25.3. The first-order chi connectivity index (χ1) is 17.5.